The summed E-state index contributed by atoms with van der Waals surface area (Å²) in [5.41, 5.74) is 0.740. The Morgan fingerprint density at radius 3 is 2.79 bits per heavy atom. The highest BCUT2D eigenvalue weighted by Gasteiger charge is 2.60. The molecule has 3 rings (SSSR count). The fraction of sp³-hybridized carbons (Fsp3) is 0.429. The van der Waals surface area contributed by atoms with E-state index in [-0.39, 0.29) is 28.9 Å². The molecule has 1 fully saturated rings. The van der Waals surface area contributed by atoms with Gasteiger partial charge >= 0.3 is 5.97 Å². The van der Waals surface area contributed by atoms with Crippen LogP contribution in [0.4, 0.5) is 0 Å². The molecular formula is C14H14O5. The summed E-state index contributed by atoms with van der Waals surface area (Å²) in [6.45, 7) is 2.08. The standard InChI is InChI=1S/C14H14O5/c1-2-8(15)6-3-4-9-12(13(6)16)10-7(5-19-9)11(10)14(17)18/h3-4,7,10-11,16H,2,5H2,1H3,(H,17,18). The van der Waals surface area contributed by atoms with Gasteiger partial charge < -0.3 is 14.9 Å². The topological polar surface area (TPSA) is 83.8 Å². The maximum absolute atomic E-state index is 11.7. The number of benzene rings is 1. The number of carboxylic acid groups (broad SMARTS) is 1. The number of carbonyl (C=O) groups is 2. The van der Waals surface area contributed by atoms with Gasteiger partial charge in [0.05, 0.1) is 18.1 Å². The number of hydrogen-bond donors (Lipinski definition) is 2. The van der Waals surface area contributed by atoms with Crippen molar-refractivity contribution in [2.45, 2.75) is 19.3 Å². The summed E-state index contributed by atoms with van der Waals surface area (Å²) < 4.78 is 5.47. The molecule has 1 saturated carbocycles. The van der Waals surface area contributed by atoms with Crippen molar-refractivity contribution < 1.29 is 24.5 Å². The summed E-state index contributed by atoms with van der Waals surface area (Å²) in [7, 11) is 0. The van der Waals surface area contributed by atoms with Crippen molar-refractivity contribution in [1.29, 1.82) is 0 Å². The van der Waals surface area contributed by atoms with Gasteiger partial charge in [0.1, 0.15) is 11.5 Å². The van der Waals surface area contributed by atoms with Crippen molar-refractivity contribution in [3.8, 4) is 11.5 Å². The maximum Gasteiger partial charge on any atom is 0.307 e. The van der Waals surface area contributed by atoms with Crippen molar-refractivity contribution in [2.24, 2.45) is 11.8 Å². The number of fused-ring (bicyclic) bond motifs is 3. The highest BCUT2D eigenvalue weighted by Crippen LogP contribution is 2.61. The minimum atomic E-state index is -0.877. The Bertz CT molecular complexity index is 577. The summed E-state index contributed by atoms with van der Waals surface area (Å²) in [5.74, 6) is -1.49. The molecule has 3 atom stereocenters. The first-order valence-electron chi connectivity index (χ1n) is 6.31. The zero-order chi connectivity index (χ0) is 13.7. The molecule has 0 saturated heterocycles. The van der Waals surface area contributed by atoms with Crippen molar-refractivity contribution in [2.75, 3.05) is 6.61 Å². The number of aromatic hydroxyl groups is 1. The Morgan fingerprint density at radius 1 is 1.42 bits per heavy atom. The number of rotatable bonds is 3. The maximum atomic E-state index is 11.7. The average molecular weight is 262 g/mol. The molecule has 0 amide bonds. The Kier molecular flexibility index (Phi) is 2.52. The molecule has 2 N–H and O–H groups in total. The quantitative estimate of drug-likeness (QED) is 0.811. The van der Waals surface area contributed by atoms with Crippen LogP contribution in [-0.4, -0.2) is 28.6 Å². The Labute approximate surface area is 109 Å². The SMILES string of the molecule is CCC(=O)c1ccc2c(c1O)C1C(CO2)C1C(=O)O. The molecule has 0 aromatic heterocycles. The smallest absolute Gasteiger partial charge is 0.307 e. The molecule has 1 aliphatic carbocycles. The zero-order valence-electron chi connectivity index (χ0n) is 10.4. The van der Waals surface area contributed by atoms with Crippen LogP contribution in [0.5, 0.6) is 11.5 Å². The van der Waals surface area contributed by atoms with Crippen molar-refractivity contribution in [1.82, 2.24) is 0 Å². The third-order valence-electron chi connectivity index (χ3n) is 4.02. The van der Waals surface area contributed by atoms with E-state index in [0.717, 1.165) is 0 Å². The van der Waals surface area contributed by atoms with Crippen LogP contribution in [-0.2, 0) is 4.79 Å². The van der Waals surface area contributed by atoms with Crippen LogP contribution in [0.1, 0.15) is 35.2 Å². The van der Waals surface area contributed by atoms with E-state index in [4.69, 9.17) is 9.84 Å². The molecule has 1 aliphatic heterocycles. The third-order valence-corrected chi connectivity index (χ3v) is 4.02. The minimum Gasteiger partial charge on any atom is -0.507 e. The summed E-state index contributed by atoms with van der Waals surface area (Å²) in [5, 5.41) is 19.4. The predicted molar refractivity (Wildman–Crippen MR) is 65.6 cm³/mol. The average Bonchev–Trinajstić information content (AvgIpc) is 3.12. The molecular weight excluding hydrogens is 248 g/mol. The minimum absolute atomic E-state index is 0.0946. The molecule has 3 unspecified atom stereocenters. The zero-order valence-corrected chi connectivity index (χ0v) is 10.4. The fourth-order valence-corrected chi connectivity index (χ4v) is 2.95. The second kappa shape index (κ2) is 3.98. The van der Waals surface area contributed by atoms with Gasteiger partial charge in [0.25, 0.3) is 0 Å². The second-order valence-corrected chi connectivity index (χ2v) is 5.01. The van der Waals surface area contributed by atoms with Gasteiger partial charge in [-0.15, -0.1) is 0 Å². The first kappa shape index (κ1) is 12.0. The highest BCUT2D eigenvalue weighted by atomic mass is 16.5. The molecule has 100 valence electrons. The number of ether oxygens (including phenoxy) is 1. The molecule has 5 heteroatoms. The Morgan fingerprint density at radius 2 is 2.16 bits per heavy atom. The molecule has 0 bridgehead atoms. The lowest BCUT2D eigenvalue weighted by atomic mass is 9.97. The highest BCUT2D eigenvalue weighted by molar-refractivity contribution is 5.99. The Hall–Kier alpha value is -2.04. The number of aliphatic carboxylic acids is 1. The van der Waals surface area contributed by atoms with E-state index in [1.165, 1.54) is 0 Å². The summed E-state index contributed by atoms with van der Waals surface area (Å²) in [6, 6.07) is 3.18. The monoisotopic (exact) mass is 262 g/mol. The molecule has 1 heterocycles. The number of hydrogen-bond acceptors (Lipinski definition) is 4. The van der Waals surface area contributed by atoms with Crippen molar-refractivity contribution in [3.05, 3.63) is 23.3 Å². The van der Waals surface area contributed by atoms with Crippen LogP contribution >= 0.6 is 0 Å². The molecule has 1 aromatic carbocycles. The number of Topliss-reactive ketones (excluding diaryl/α,β-unsaturated/α-hetero) is 1. The molecule has 2 aliphatic rings. The van der Waals surface area contributed by atoms with Gasteiger partial charge in [-0.3, -0.25) is 9.59 Å². The molecule has 0 spiro atoms. The van der Waals surface area contributed by atoms with Crippen LogP contribution in [0, 0.1) is 11.8 Å². The van der Waals surface area contributed by atoms with Crippen LogP contribution in [0.3, 0.4) is 0 Å². The van der Waals surface area contributed by atoms with Crippen molar-refractivity contribution in [3.63, 3.8) is 0 Å². The normalized spacial score (nSPS) is 26.9. The molecule has 19 heavy (non-hydrogen) atoms. The van der Waals surface area contributed by atoms with Crippen LogP contribution in [0.2, 0.25) is 0 Å². The second-order valence-electron chi connectivity index (χ2n) is 5.01. The van der Waals surface area contributed by atoms with Gasteiger partial charge in [0.2, 0.25) is 0 Å². The van der Waals surface area contributed by atoms with E-state index in [9.17, 15) is 14.7 Å². The molecule has 5 nitrogen and oxygen atoms in total. The van der Waals surface area contributed by atoms with Gasteiger partial charge in [0.15, 0.2) is 5.78 Å². The Balaban J connectivity index is 2.07. The van der Waals surface area contributed by atoms with Crippen molar-refractivity contribution >= 4 is 11.8 Å². The predicted octanol–water partition coefficient (Wildman–Crippen LogP) is 1.79. The first-order valence-corrected chi connectivity index (χ1v) is 6.31. The summed E-state index contributed by atoms with van der Waals surface area (Å²) in [4.78, 5) is 22.9. The largest absolute Gasteiger partial charge is 0.507 e. The number of ketones is 1. The number of carbonyl (C=O) groups excluding carboxylic acids is 1. The van der Waals surface area contributed by atoms with Crippen LogP contribution < -0.4 is 4.74 Å². The number of carboxylic acids is 1. The van der Waals surface area contributed by atoms with Gasteiger partial charge in [-0.05, 0) is 12.1 Å². The number of phenols is 1. The van der Waals surface area contributed by atoms with Gasteiger partial charge in [-0.1, -0.05) is 6.92 Å². The summed E-state index contributed by atoms with van der Waals surface area (Å²) in [6.07, 6.45) is 0.295. The lowest BCUT2D eigenvalue weighted by Gasteiger charge is -2.18. The van der Waals surface area contributed by atoms with E-state index < -0.39 is 11.9 Å². The van der Waals surface area contributed by atoms with Gasteiger partial charge in [-0.2, -0.15) is 0 Å². The van der Waals surface area contributed by atoms with Gasteiger partial charge in [-0.25, -0.2) is 0 Å². The summed E-state index contributed by atoms with van der Waals surface area (Å²) >= 11 is 0. The van der Waals surface area contributed by atoms with Crippen LogP contribution in [0.15, 0.2) is 12.1 Å². The lowest BCUT2D eigenvalue weighted by molar-refractivity contribution is -0.139. The van der Waals surface area contributed by atoms with E-state index in [2.05, 4.69) is 0 Å². The van der Waals surface area contributed by atoms with E-state index in [0.29, 0.717) is 24.3 Å². The van der Waals surface area contributed by atoms with Gasteiger partial charge in [0, 0.05) is 23.8 Å². The first-order chi connectivity index (χ1) is 9.06. The van der Waals surface area contributed by atoms with E-state index in [1.807, 2.05) is 0 Å². The number of phenolic OH excluding ortho intramolecular Hbond substituents is 1. The van der Waals surface area contributed by atoms with E-state index in [1.54, 1.807) is 19.1 Å². The fourth-order valence-electron chi connectivity index (χ4n) is 2.95. The third kappa shape index (κ3) is 1.61. The lowest BCUT2D eigenvalue weighted by Crippen LogP contribution is -2.10. The molecule has 1 aromatic rings. The molecule has 0 radical (unpaired) electrons. The van der Waals surface area contributed by atoms with E-state index >= 15 is 0 Å². The van der Waals surface area contributed by atoms with Crippen LogP contribution in [0.25, 0.3) is 0 Å².